The van der Waals surface area contributed by atoms with Crippen molar-refractivity contribution in [1.82, 2.24) is 16.0 Å². The van der Waals surface area contributed by atoms with Crippen LogP contribution in [0.25, 0.3) is 0 Å². The van der Waals surface area contributed by atoms with Crippen molar-refractivity contribution in [3.05, 3.63) is 0 Å². The highest BCUT2D eigenvalue weighted by atomic mass is 16.4. The molecule has 0 saturated heterocycles. The minimum Gasteiger partial charge on any atom is -0.480 e. The van der Waals surface area contributed by atoms with Crippen molar-refractivity contribution in [3.8, 4) is 0 Å². The van der Waals surface area contributed by atoms with Crippen LogP contribution < -0.4 is 33.2 Å². The van der Waals surface area contributed by atoms with Crippen LogP contribution in [0.3, 0.4) is 0 Å². The smallest absolute Gasteiger partial charge is 0.322 e. The molecule has 0 radical (unpaired) electrons. The predicted molar refractivity (Wildman–Crippen MR) is 101 cm³/mol. The molecule has 0 aromatic rings. The minimum absolute atomic E-state index is 0.0975. The molecule has 0 aromatic heterocycles. The molecule has 0 aliphatic rings. The molecule has 0 aliphatic heterocycles. The molecule has 14 heteroatoms. The van der Waals surface area contributed by atoms with Gasteiger partial charge in [-0.1, -0.05) is 0 Å². The highest BCUT2D eigenvalue weighted by Gasteiger charge is 2.30. The number of carboxylic acid groups (broad SMARTS) is 1. The summed E-state index contributed by atoms with van der Waals surface area (Å²) >= 11 is 0. The summed E-state index contributed by atoms with van der Waals surface area (Å²) in [5.41, 5.74) is 16.1. The number of carbonyl (C=O) groups excluding carboxylic acids is 3. The molecule has 0 aliphatic carbocycles. The summed E-state index contributed by atoms with van der Waals surface area (Å²) in [5.74, 6) is -4.06. The van der Waals surface area contributed by atoms with Gasteiger partial charge in [0.1, 0.15) is 18.6 Å². The van der Waals surface area contributed by atoms with E-state index in [9.17, 15) is 29.4 Å². The molecule has 166 valence electrons. The van der Waals surface area contributed by atoms with Crippen LogP contribution in [0.4, 0.5) is 0 Å². The fourth-order valence-corrected chi connectivity index (χ4v) is 2.06. The SMILES string of the molecule is CC(O)C(NC(=O)C(N)CCCN=C(N)N)C(=O)NC(CO)C(=O)NCC(=O)O. The van der Waals surface area contributed by atoms with Crippen molar-refractivity contribution in [3.63, 3.8) is 0 Å². The van der Waals surface area contributed by atoms with Crippen LogP contribution in [0, 0.1) is 0 Å². The molecule has 0 heterocycles. The normalized spacial score (nSPS) is 14.6. The van der Waals surface area contributed by atoms with Gasteiger partial charge in [0, 0.05) is 6.54 Å². The Labute approximate surface area is 166 Å². The molecular weight excluding hydrogens is 390 g/mol. The van der Waals surface area contributed by atoms with Gasteiger partial charge in [-0.25, -0.2) is 0 Å². The summed E-state index contributed by atoms with van der Waals surface area (Å²) in [5, 5.41) is 33.9. The number of hydrogen-bond acceptors (Lipinski definition) is 8. The van der Waals surface area contributed by atoms with Gasteiger partial charge in [-0.05, 0) is 19.8 Å². The highest BCUT2D eigenvalue weighted by molar-refractivity contribution is 5.94. The Balaban J connectivity index is 4.82. The van der Waals surface area contributed by atoms with Crippen LogP contribution >= 0.6 is 0 Å². The number of guanidine groups is 1. The standard InChI is InChI=1S/C15H29N7O7/c1-7(24)11(22-12(27)8(16)3-2-4-19-15(17)18)14(29)21-9(6-23)13(28)20-5-10(25)26/h7-9,11,23-24H,2-6,16H2,1H3,(H,20,28)(H,21,29)(H,22,27)(H,25,26)(H4,17,18,19). The van der Waals surface area contributed by atoms with Crippen molar-refractivity contribution in [1.29, 1.82) is 0 Å². The number of nitrogens with two attached hydrogens (primary N) is 3. The van der Waals surface area contributed by atoms with Crippen molar-refractivity contribution in [2.75, 3.05) is 19.7 Å². The Kier molecular flexibility index (Phi) is 11.9. The van der Waals surface area contributed by atoms with E-state index in [1.54, 1.807) is 0 Å². The molecule has 0 fully saturated rings. The van der Waals surface area contributed by atoms with E-state index in [4.69, 9.17) is 22.3 Å². The van der Waals surface area contributed by atoms with Crippen LogP contribution in [0.15, 0.2) is 4.99 Å². The Morgan fingerprint density at radius 3 is 2.17 bits per heavy atom. The van der Waals surface area contributed by atoms with E-state index < -0.39 is 61.1 Å². The second kappa shape index (κ2) is 13.2. The zero-order chi connectivity index (χ0) is 22.6. The lowest BCUT2D eigenvalue weighted by Crippen LogP contribution is -2.59. The van der Waals surface area contributed by atoms with E-state index in [1.807, 2.05) is 5.32 Å². The summed E-state index contributed by atoms with van der Waals surface area (Å²) in [4.78, 5) is 50.5. The number of hydrogen-bond donors (Lipinski definition) is 9. The van der Waals surface area contributed by atoms with E-state index in [1.165, 1.54) is 6.92 Å². The molecule has 14 nitrogen and oxygen atoms in total. The lowest BCUT2D eigenvalue weighted by molar-refractivity contribution is -0.139. The van der Waals surface area contributed by atoms with E-state index in [-0.39, 0.29) is 18.9 Å². The van der Waals surface area contributed by atoms with Gasteiger partial charge in [0.25, 0.3) is 0 Å². The third kappa shape index (κ3) is 10.8. The fraction of sp³-hybridized carbons (Fsp3) is 0.667. The summed E-state index contributed by atoms with van der Waals surface area (Å²) in [6, 6.07) is -3.95. The zero-order valence-electron chi connectivity index (χ0n) is 16.0. The molecule has 12 N–H and O–H groups in total. The molecule has 29 heavy (non-hydrogen) atoms. The average Bonchev–Trinajstić information content (AvgIpc) is 2.64. The van der Waals surface area contributed by atoms with Gasteiger partial charge in [-0.3, -0.25) is 24.2 Å². The number of aliphatic hydroxyl groups is 2. The van der Waals surface area contributed by atoms with Gasteiger partial charge in [-0.15, -0.1) is 0 Å². The van der Waals surface area contributed by atoms with E-state index in [2.05, 4.69) is 15.6 Å². The van der Waals surface area contributed by atoms with E-state index >= 15 is 0 Å². The first-order valence-electron chi connectivity index (χ1n) is 8.69. The summed E-state index contributed by atoms with van der Waals surface area (Å²) in [6.07, 6.45) is -0.753. The van der Waals surface area contributed by atoms with Gasteiger partial charge >= 0.3 is 5.97 Å². The first-order valence-corrected chi connectivity index (χ1v) is 8.69. The number of aliphatic imine (C=N–C) groups is 1. The number of aliphatic carboxylic acids is 1. The molecule has 0 spiro atoms. The highest BCUT2D eigenvalue weighted by Crippen LogP contribution is 2.00. The number of aliphatic hydroxyl groups excluding tert-OH is 2. The summed E-state index contributed by atoms with van der Waals surface area (Å²) < 4.78 is 0. The second-order valence-corrected chi connectivity index (χ2v) is 6.14. The molecule has 0 rings (SSSR count). The Morgan fingerprint density at radius 2 is 1.69 bits per heavy atom. The number of amides is 3. The third-order valence-corrected chi connectivity index (χ3v) is 3.60. The monoisotopic (exact) mass is 419 g/mol. The Hall–Kier alpha value is -2.97. The maximum Gasteiger partial charge on any atom is 0.322 e. The summed E-state index contributed by atoms with van der Waals surface area (Å²) in [7, 11) is 0. The molecule has 3 amide bonds. The van der Waals surface area contributed by atoms with Gasteiger partial charge in [0.05, 0.1) is 18.8 Å². The van der Waals surface area contributed by atoms with Crippen molar-refractivity contribution in [2.45, 2.75) is 44.0 Å². The third-order valence-electron chi connectivity index (χ3n) is 3.60. The van der Waals surface area contributed by atoms with Gasteiger partial charge in [-0.2, -0.15) is 0 Å². The fourth-order valence-electron chi connectivity index (χ4n) is 2.06. The predicted octanol–water partition coefficient (Wildman–Crippen LogP) is -5.09. The maximum absolute atomic E-state index is 12.3. The zero-order valence-corrected chi connectivity index (χ0v) is 16.0. The number of nitrogens with one attached hydrogen (secondary N) is 3. The van der Waals surface area contributed by atoms with Crippen molar-refractivity contribution >= 4 is 29.7 Å². The Bertz CT molecular complexity index is 608. The first-order chi connectivity index (χ1) is 13.5. The number of nitrogens with zero attached hydrogens (tertiary/aromatic N) is 1. The lowest BCUT2D eigenvalue weighted by atomic mass is 10.1. The van der Waals surface area contributed by atoms with Crippen LogP contribution in [-0.2, 0) is 19.2 Å². The van der Waals surface area contributed by atoms with Crippen LogP contribution in [-0.4, -0.2) is 88.9 Å². The van der Waals surface area contributed by atoms with Gasteiger partial charge in [0.2, 0.25) is 17.7 Å². The second-order valence-electron chi connectivity index (χ2n) is 6.14. The van der Waals surface area contributed by atoms with Crippen LogP contribution in [0.2, 0.25) is 0 Å². The first kappa shape index (κ1) is 26.0. The average molecular weight is 419 g/mol. The molecule has 4 atom stereocenters. The molecule has 0 saturated carbocycles. The number of carboxylic acids is 1. The van der Waals surface area contributed by atoms with Crippen LogP contribution in [0.1, 0.15) is 19.8 Å². The van der Waals surface area contributed by atoms with Crippen LogP contribution in [0.5, 0.6) is 0 Å². The Morgan fingerprint density at radius 1 is 1.07 bits per heavy atom. The minimum atomic E-state index is -1.48. The quantitative estimate of drug-likeness (QED) is 0.0779. The molecule has 0 bridgehead atoms. The topological polar surface area (TPSA) is 255 Å². The molecule has 0 aromatic carbocycles. The van der Waals surface area contributed by atoms with E-state index in [0.717, 1.165) is 0 Å². The molecule has 4 unspecified atom stereocenters. The number of rotatable bonds is 13. The van der Waals surface area contributed by atoms with Crippen molar-refractivity contribution < 1.29 is 34.5 Å². The lowest BCUT2D eigenvalue weighted by Gasteiger charge is -2.25. The van der Waals surface area contributed by atoms with E-state index in [0.29, 0.717) is 6.42 Å². The maximum atomic E-state index is 12.3. The largest absolute Gasteiger partial charge is 0.480 e. The number of carbonyl (C=O) groups is 4. The van der Waals surface area contributed by atoms with Crippen molar-refractivity contribution in [2.24, 2.45) is 22.2 Å². The molecular formula is C15H29N7O7. The van der Waals surface area contributed by atoms with Gasteiger partial charge in [0.15, 0.2) is 5.96 Å². The van der Waals surface area contributed by atoms with Gasteiger partial charge < -0.3 is 48.5 Å². The summed E-state index contributed by atoms with van der Waals surface area (Å²) in [6.45, 7) is -0.0566.